The number of rotatable bonds is 5. The van der Waals surface area contributed by atoms with Crippen molar-refractivity contribution < 1.29 is 0 Å². The number of nitrogens with one attached hydrogen (secondary N) is 2. The maximum absolute atomic E-state index is 4.69. The zero-order valence-electron chi connectivity index (χ0n) is 20.2. The van der Waals surface area contributed by atoms with E-state index in [1.54, 1.807) is 0 Å². The molecule has 36 heavy (non-hydrogen) atoms. The number of benzene rings is 5. The summed E-state index contributed by atoms with van der Waals surface area (Å²) in [6.07, 6.45) is 0.957. The van der Waals surface area contributed by atoms with Crippen LogP contribution in [0.15, 0.2) is 118 Å². The Labute approximate surface area is 209 Å². The summed E-state index contributed by atoms with van der Waals surface area (Å²) in [5.41, 5.74) is 5.28. The van der Waals surface area contributed by atoms with Crippen molar-refractivity contribution in [2.75, 3.05) is 10.6 Å². The second kappa shape index (κ2) is 8.89. The van der Waals surface area contributed by atoms with Crippen LogP contribution in [0.1, 0.15) is 20.3 Å². The van der Waals surface area contributed by atoms with Crippen LogP contribution in [0, 0.1) is 0 Å². The highest BCUT2D eigenvalue weighted by atomic mass is 15.2. The van der Waals surface area contributed by atoms with Gasteiger partial charge in [-0.1, -0.05) is 61.5 Å². The summed E-state index contributed by atoms with van der Waals surface area (Å²) < 4.78 is 0. The molecule has 6 nitrogen and oxygen atoms in total. The molecule has 0 radical (unpaired) electrons. The van der Waals surface area contributed by atoms with Gasteiger partial charge in [0, 0.05) is 32.9 Å². The third kappa shape index (κ3) is 3.96. The van der Waals surface area contributed by atoms with Crippen LogP contribution in [0.25, 0.3) is 21.5 Å². The van der Waals surface area contributed by atoms with Crippen LogP contribution in [0.2, 0.25) is 0 Å². The molecule has 6 rings (SSSR count). The molecule has 0 aliphatic carbocycles. The fourth-order valence-corrected chi connectivity index (χ4v) is 4.64. The highest BCUT2D eigenvalue weighted by Gasteiger charge is 2.28. The van der Waals surface area contributed by atoms with E-state index in [0.29, 0.717) is 0 Å². The Morgan fingerprint density at radius 1 is 0.556 bits per heavy atom. The SMILES string of the molecule is CCC1(C)Nc2cccc3c(N=Nc4ccc(N=Nc5ccccc5)c5ccccc45)ccc(c23)N1. The Bertz CT molecular complexity index is 1630. The largest absolute Gasteiger partial charge is 0.363 e. The van der Waals surface area contributed by atoms with Gasteiger partial charge < -0.3 is 10.6 Å². The van der Waals surface area contributed by atoms with Crippen LogP contribution in [-0.2, 0) is 0 Å². The molecule has 6 heteroatoms. The van der Waals surface area contributed by atoms with Gasteiger partial charge in [-0.3, -0.25) is 0 Å². The molecule has 0 spiro atoms. The molecule has 1 aliphatic heterocycles. The van der Waals surface area contributed by atoms with Crippen LogP contribution in [0.4, 0.5) is 34.1 Å². The van der Waals surface area contributed by atoms with Crippen molar-refractivity contribution in [2.24, 2.45) is 20.5 Å². The molecular formula is C30H26N6. The maximum atomic E-state index is 4.69. The molecule has 2 N–H and O–H groups in total. The van der Waals surface area contributed by atoms with Gasteiger partial charge in [0.15, 0.2) is 0 Å². The van der Waals surface area contributed by atoms with E-state index in [-0.39, 0.29) is 5.66 Å². The van der Waals surface area contributed by atoms with Gasteiger partial charge in [-0.2, -0.15) is 5.11 Å². The van der Waals surface area contributed by atoms with Crippen molar-refractivity contribution in [2.45, 2.75) is 25.9 Å². The first kappa shape index (κ1) is 21.9. The minimum absolute atomic E-state index is 0.178. The number of anilines is 2. The van der Waals surface area contributed by atoms with Crippen molar-refractivity contribution in [1.29, 1.82) is 0 Å². The maximum Gasteiger partial charge on any atom is 0.105 e. The standard InChI is InChI=1S/C30H26N6/c1-3-30(2)31-27-15-9-14-23-26(18-19-28(32-30)29(23)27)36-35-25-17-16-24(21-12-7-8-13-22(21)25)34-33-20-10-5-4-6-11-20/h4-19,31-32H,3H2,1-2H3. The molecule has 1 unspecified atom stereocenters. The van der Waals surface area contributed by atoms with Crippen LogP contribution >= 0.6 is 0 Å². The highest BCUT2D eigenvalue weighted by Crippen LogP contribution is 2.43. The van der Waals surface area contributed by atoms with Gasteiger partial charge in [-0.15, -0.1) is 15.3 Å². The van der Waals surface area contributed by atoms with E-state index >= 15 is 0 Å². The van der Waals surface area contributed by atoms with Gasteiger partial charge in [0.05, 0.1) is 22.7 Å². The van der Waals surface area contributed by atoms with Crippen molar-refractivity contribution >= 4 is 55.7 Å². The third-order valence-electron chi connectivity index (χ3n) is 6.72. The molecule has 1 atom stereocenters. The number of fused-ring (bicyclic) bond motifs is 1. The first-order valence-corrected chi connectivity index (χ1v) is 12.2. The number of azo groups is 2. The Morgan fingerprint density at radius 2 is 1.08 bits per heavy atom. The van der Waals surface area contributed by atoms with Gasteiger partial charge in [-0.25, -0.2) is 0 Å². The predicted octanol–water partition coefficient (Wildman–Crippen LogP) is 9.79. The van der Waals surface area contributed by atoms with Crippen LogP contribution < -0.4 is 10.6 Å². The summed E-state index contributed by atoms with van der Waals surface area (Å²) in [6.45, 7) is 4.35. The van der Waals surface area contributed by atoms with E-state index in [1.165, 1.54) is 0 Å². The second-order valence-electron chi connectivity index (χ2n) is 9.18. The zero-order chi connectivity index (χ0) is 24.5. The summed E-state index contributed by atoms with van der Waals surface area (Å²) in [5.74, 6) is 0. The minimum atomic E-state index is -0.178. The number of hydrogen-bond acceptors (Lipinski definition) is 6. The highest BCUT2D eigenvalue weighted by molar-refractivity contribution is 6.09. The van der Waals surface area contributed by atoms with Crippen molar-refractivity contribution in [1.82, 2.24) is 0 Å². The quantitative estimate of drug-likeness (QED) is 0.251. The molecule has 0 amide bonds. The van der Waals surface area contributed by atoms with E-state index in [9.17, 15) is 0 Å². The lowest BCUT2D eigenvalue weighted by Gasteiger charge is -2.38. The van der Waals surface area contributed by atoms with E-state index in [4.69, 9.17) is 5.11 Å². The van der Waals surface area contributed by atoms with Gasteiger partial charge in [0.2, 0.25) is 0 Å². The van der Waals surface area contributed by atoms with Gasteiger partial charge in [-0.05, 0) is 55.8 Å². The number of hydrogen-bond donors (Lipinski definition) is 2. The molecule has 1 aliphatic rings. The van der Waals surface area contributed by atoms with E-state index < -0.39 is 0 Å². The third-order valence-corrected chi connectivity index (χ3v) is 6.72. The predicted molar refractivity (Wildman–Crippen MR) is 149 cm³/mol. The van der Waals surface area contributed by atoms with Crippen molar-refractivity contribution in [3.8, 4) is 0 Å². The molecular weight excluding hydrogens is 444 g/mol. The Kier molecular flexibility index (Phi) is 5.41. The first-order chi connectivity index (χ1) is 17.6. The normalized spacial score (nSPS) is 17.1. The van der Waals surface area contributed by atoms with E-state index in [0.717, 1.165) is 62.1 Å². The molecule has 0 aromatic heterocycles. The van der Waals surface area contributed by atoms with Crippen molar-refractivity contribution in [3.05, 3.63) is 97.1 Å². The average Bonchev–Trinajstić information content (AvgIpc) is 2.92. The summed E-state index contributed by atoms with van der Waals surface area (Å²) in [6, 6.07) is 32.1. The summed E-state index contributed by atoms with van der Waals surface area (Å²) in [5, 5.41) is 29.7. The molecule has 5 aromatic rings. The lowest BCUT2D eigenvalue weighted by Crippen LogP contribution is -2.44. The van der Waals surface area contributed by atoms with Crippen molar-refractivity contribution in [3.63, 3.8) is 0 Å². The lowest BCUT2D eigenvalue weighted by molar-refractivity contribution is 0.561. The Balaban J connectivity index is 1.38. The molecule has 5 aromatic carbocycles. The van der Waals surface area contributed by atoms with Crippen LogP contribution in [-0.4, -0.2) is 5.66 Å². The monoisotopic (exact) mass is 470 g/mol. The van der Waals surface area contributed by atoms with E-state index in [2.05, 4.69) is 64.1 Å². The molecule has 0 bridgehead atoms. The smallest absolute Gasteiger partial charge is 0.105 e. The molecule has 1 heterocycles. The average molecular weight is 471 g/mol. The fraction of sp³-hybridized carbons (Fsp3) is 0.133. The molecule has 0 saturated heterocycles. The van der Waals surface area contributed by atoms with Gasteiger partial charge in [0.25, 0.3) is 0 Å². The van der Waals surface area contributed by atoms with E-state index in [1.807, 2.05) is 72.8 Å². The summed E-state index contributed by atoms with van der Waals surface area (Å²) in [4.78, 5) is 0. The van der Waals surface area contributed by atoms with Crippen LogP contribution in [0.5, 0.6) is 0 Å². The molecule has 176 valence electrons. The Morgan fingerprint density at radius 3 is 1.75 bits per heavy atom. The summed E-state index contributed by atoms with van der Waals surface area (Å²) in [7, 11) is 0. The molecule has 0 fully saturated rings. The summed E-state index contributed by atoms with van der Waals surface area (Å²) >= 11 is 0. The topological polar surface area (TPSA) is 73.5 Å². The van der Waals surface area contributed by atoms with Gasteiger partial charge in [0.1, 0.15) is 5.66 Å². The minimum Gasteiger partial charge on any atom is -0.363 e. The van der Waals surface area contributed by atoms with Gasteiger partial charge >= 0.3 is 0 Å². The number of nitrogens with zero attached hydrogens (tertiary/aromatic N) is 4. The molecule has 0 saturated carbocycles. The fourth-order valence-electron chi connectivity index (χ4n) is 4.64. The zero-order valence-corrected chi connectivity index (χ0v) is 20.2. The Hall–Kier alpha value is -4.58. The first-order valence-electron chi connectivity index (χ1n) is 12.2. The lowest BCUT2D eigenvalue weighted by atomic mass is 9.98. The van der Waals surface area contributed by atoms with Crippen LogP contribution in [0.3, 0.4) is 0 Å². The second-order valence-corrected chi connectivity index (χ2v) is 9.18.